The average molecular weight is 361 g/mol. The summed E-state index contributed by atoms with van der Waals surface area (Å²) >= 11 is 6.09. The Balaban J connectivity index is 0.000000196. The van der Waals surface area contributed by atoms with E-state index in [1.807, 2.05) is 31.2 Å². The zero-order valence-corrected chi connectivity index (χ0v) is 15.2. The highest BCUT2D eigenvalue weighted by Gasteiger charge is 2.13. The number of nitrogens with two attached hydrogens (primary N) is 1. The van der Waals surface area contributed by atoms with Crippen LogP contribution in [0.15, 0.2) is 36.7 Å². The van der Waals surface area contributed by atoms with E-state index in [0.717, 1.165) is 23.2 Å². The number of nitrogens with zero attached hydrogens (tertiary/aromatic N) is 3. The lowest BCUT2D eigenvalue weighted by Gasteiger charge is -2.01. The van der Waals surface area contributed by atoms with Gasteiger partial charge in [0.2, 0.25) is 0 Å². The molecular weight excluding hydrogens is 340 g/mol. The fraction of sp³-hybridized carbons (Fsp3) is 0.278. The maximum atomic E-state index is 11.2. The summed E-state index contributed by atoms with van der Waals surface area (Å²) in [5, 5.41) is 5.30. The third-order valence-electron chi connectivity index (χ3n) is 3.67. The summed E-state index contributed by atoms with van der Waals surface area (Å²) in [5.74, 6) is 0.788. The fourth-order valence-corrected chi connectivity index (χ4v) is 2.55. The monoisotopic (exact) mass is 360 g/mol. The molecule has 0 radical (unpaired) electrons. The Kier molecular flexibility index (Phi) is 6.50. The molecule has 0 aliphatic carbocycles. The molecule has 132 valence electrons. The number of ether oxygens (including phenoxy) is 1. The lowest BCUT2D eigenvalue weighted by Crippen LogP contribution is -1.99. The number of benzene rings is 1. The third kappa shape index (κ3) is 4.35. The van der Waals surface area contributed by atoms with Crippen LogP contribution in [0.4, 0.5) is 0 Å². The van der Waals surface area contributed by atoms with E-state index in [4.69, 9.17) is 22.1 Å². The summed E-state index contributed by atoms with van der Waals surface area (Å²) in [4.78, 5) is 15.4. The predicted octanol–water partition coefficient (Wildman–Crippen LogP) is 3.46. The molecule has 7 heteroatoms. The van der Waals surface area contributed by atoms with Crippen LogP contribution in [0, 0.1) is 0 Å². The van der Waals surface area contributed by atoms with Crippen molar-refractivity contribution in [3.8, 4) is 5.75 Å². The normalized spacial score (nSPS) is 10.3. The number of ketones is 1. The van der Waals surface area contributed by atoms with E-state index in [9.17, 15) is 4.79 Å². The van der Waals surface area contributed by atoms with E-state index in [1.54, 1.807) is 18.0 Å². The van der Waals surface area contributed by atoms with Crippen LogP contribution in [0.1, 0.15) is 29.8 Å². The molecule has 2 heterocycles. The van der Waals surface area contributed by atoms with E-state index in [-0.39, 0.29) is 5.78 Å². The Bertz CT molecular complexity index is 836. The molecule has 0 amide bonds. The van der Waals surface area contributed by atoms with Crippen LogP contribution in [0.3, 0.4) is 0 Å². The fourth-order valence-electron chi connectivity index (χ4n) is 2.24. The molecule has 2 aromatic heterocycles. The number of fused-ring (bicyclic) bond motifs is 1. The predicted molar refractivity (Wildman–Crippen MR) is 99.1 cm³/mol. The van der Waals surface area contributed by atoms with Crippen molar-refractivity contribution in [3.05, 3.63) is 52.8 Å². The van der Waals surface area contributed by atoms with Gasteiger partial charge >= 0.3 is 0 Å². The van der Waals surface area contributed by atoms with Crippen molar-refractivity contribution in [2.24, 2.45) is 5.73 Å². The molecule has 0 saturated heterocycles. The van der Waals surface area contributed by atoms with Crippen LogP contribution >= 0.6 is 11.6 Å². The Morgan fingerprint density at radius 3 is 2.48 bits per heavy atom. The lowest BCUT2D eigenvalue weighted by molar-refractivity contribution is 0.101. The second-order valence-electron chi connectivity index (χ2n) is 5.29. The molecule has 0 aliphatic rings. The van der Waals surface area contributed by atoms with Crippen molar-refractivity contribution in [2.45, 2.75) is 26.9 Å². The molecule has 1 aromatic carbocycles. The Morgan fingerprint density at radius 2 is 1.96 bits per heavy atom. The van der Waals surface area contributed by atoms with Gasteiger partial charge in [0.1, 0.15) is 5.75 Å². The summed E-state index contributed by atoms with van der Waals surface area (Å²) in [7, 11) is 1.65. The first-order chi connectivity index (χ1) is 12.0. The van der Waals surface area contributed by atoms with E-state index in [2.05, 4.69) is 10.1 Å². The SMILES string of the molecule is CCn1ncc2c(Cl)c(C(C)=O)cnc21.COc1ccc(CN)cc1. The van der Waals surface area contributed by atoms with Gasteiger partial charge in [-0.05, 0) is 31.5 Å². The van der Waals surface area contributed by atoms with Crippen LogP contribution < -0.4 is 10.5 Å². The number of carbonyl (C=O) groups excluding carboxylic acids is 1. The van der Waals surface area contributed by atoms with Gasteiger partial charge in [-0.25, -0.2) is 9.67 Å². The number of hydrogen-bond donors (Lipinski definition) is 1. The molecule has 0 fully saturated rings. The first-order valence-electron chi connectivity index (χ1n) is 7.85. The lowest BCUT2D eigenvalue weighted by atomic mass is 10.2. The van der Waals surface area contributed by atoms with Crippen molar-refractivity contribution < 1.29 is 9.53 Å². The maximum absolute atomic E-state index is 11.2. The van der Waals surface area contributed by atoms with Crippen molar-refractivity contribution in [2.75, 3.05) is 7.11 Å². The minimum atomic E-state index is -0.0846. The molecule has 0 atom stereocenters. The van der Waals surface area contributed by atoms with Gasteiger partial charge in [-0.15, -0.1) is 0 Å². The smallest absolute Gasteiger partial charge is 0.162 e. The van der Waals surface area contributed by atoms with Gasteiger partial charge in [0.05, 0.1) is 29.3 Å². The number of carbonyl (C=O) groups is 1. The maximum Gasteiger partial charge on any atom is 0.162 e. The summed E-state index contributed by atoms with van der Waals surface area (Å²) in [5.41, 5.74) is 7.69. The van der Waals surface area contributed by atoms with Gasteiger partial charge in [0.15, 0.2) is 11.4 Å². The molecule has 0 spiro atoms. The summed E-state index contributed by atoms with van der Waals surface area (Å²) < 4.78 is 6.71. The Morgan fingerprint density at radius 1 is 1.28 bits per heavy atom. The Hall–Kier alpha value is -2.44. The number of pyridine rings is 1. The molecular formula is C18H21ClN4O2. The largest absolute Gasteiger partial charge is 0.497 e. The molecule has 25 heavy (non-hydrogen) atoms. The van der Waals surface area contributed by atoms with Crippen LogP contribution in [0.25, 0.3) is 11.0 Å². The van der Waals surface area contributed by atoms with Gasteiger partial charge in [-0.2, -0.15) is 5.10 Å². The zero-order chi connectivity index (χ0) is 18.4. The van der Waals surface area contributed by atoms with E-state index < -0.39 is 0 Å². The molecule has 0 bridgehead atoms. The summed E-state index contributed by atoms with van der Waals surface area (Å²) in [6.45, 7) is 4.76. The molecule has 0 unspecified atom stereocenters. The molecule has 0 aliphatic heterocycles. The van der Waals surface area contributed by atoms with Gasteiger partial charge in [0, 0.05) is 19.3 Å². The van der Waals surface area contributed by atoms with E-state index in [1.165, 1.54) is 13.1 Å². The first-order valence-corrected chi connectivity index (χ1v) is 8.23. The topological polar surface area (TPSA) is 83.0 Å². The quantitative estimate of drug-likeness (QED) is 0.720. The first kappa shape index (κ1) is 18.9. The minimum absolute atomic E-state index is 0.0846. The number of hydrogen-bond acceptors (Lipinski definition) is 5. The van der Waals surface area contributed by atoms with Crippen LogP contribution in [-0.4, -0.2) is 27.7 Å². The number of aromatic nitrogens is 3. The van der Waals surface area contributed by atoms with Crippen LogP contribution in [-0.2, 0) is 13.1 Å². The number of methoxy groups -OCH3 is 1. The minimum Gasteiger partial charge on any atom is -0.497 e. The summed E-state index contributed by atoms with van der Waals surface area (Å²) in [6.07, 6.45) is 3.14. The average Bonchev–Trinajstić information content (AvgIpc) is 3.06. The van der Waals surface area contributed by atoms with E-state index >= 15 is 0 Å². The molecule has 3 rings (SSSR count). The molecule has 2 N–H and O–H groups in total. The highest BCUT2D eigenvalue weighted by atomic mass is 35.5. The number of rotatable bonds is 4. The van der Waals surface area contributed by atoms with Crippen molar-refractivity contribution >= 4 is 28.4 Å². The van der Waals surface area contributed by atoms with Gasteiger partial charge in [0.25, 0.3) is 0 Å². The van der Waals surface area contributed by atoms with Gasteiger partial charge in [-0.1, -0.05) is 23.7 Å². The standard InChI is InChI=1S/C10H10ClN3O.C8H11NO/c1-3-14-10-8(5-13-14)9(11)7(4-12-10)6(2)15;1-10-8-4-2-7(6-9)3-5-8/h4-5H,3H2,1-2H3;2-5H,6,9H2,1H3. The van der Waals surface area contributed by atoms with Crippen molar-refractivity contribution in [3.63, 3.8) is 0 Å². The third-order valence-corrected chi connectivity index (χ3v) is 4.08. The van der Waals surface area contributed by atoms with Crippen LogP contribution in [0.5, 0.6) is 5.75 Å². The number of aryl methyl sites for hydroxylation is 1. The second-order valence-corrected chi connectivity index (χ2v) is 5.67. The number of halogens is 1. The van der Waals surface area contributed by atoms with E-state index in [0.29, 0.717) is 22.8 Å². The van der Waals surface area contributed by atoms with Crippen molar-refractivity contribution in [1.29, 1.82) is 0 Å². The van der Waals surface area contributed by atoms with Crippen LogP contribution in [0.2, 0.25) is 5.02 Å². The van der Waals surface area contributed by atoms with Crippen molar-refractivity contribution in [1.82, 2.24) is 14.8 Å². The molecule has 3 aromatic rings. The number of Topliss-reactive ketones (excluding diaryl/α,β-unsaturated/α-hetero) is 1. The highest BCUT2D eigenvalue weighted by Crippen LogP contribution is 2.25. The molecule has 6 nitrogen and oxygen atoms in total. The highest BCUT2D eigenvalue weighted by molar-refractivity contribution is 6.38. The Labute approximate surface area is 151 Å². The van der Waals surface area contributed by atoms with Gasteiger partial charge in [-0.3, -0.25) is 4.79 Å². The zero-order valence-electron chi connectivity index (χ0n) is 14.5. The van der Waals surface area contributed by atoms with Gasteiger partial charge < -0.3 is 10.5 Å². The second kappa shape index (κ2) is 8.60. The summed E-state index contributed by atoms with van der Waals surface area (Å²) in [6, 6.07) is 7.72. The molecule has 0 saturated carbocycles.